The summed E-state index contributed by atoms with van der Waals surface area (Å²) < 4.78 is 0. The molecule has 0 spiro atoms. The first-order valence-corrected chi connectivity index (χ1v) is 10.2. The molecule has 6 nitrogen and oxygen atoms in total. The van der Waals surface area contributed by atoms with E-state index in [-0.39, 0.29) is 29.9 Å². The normalized spacial score (nSPS) is 16.6. The number of amides is 1. The average Bonchev–Trinajstić information content (AvgIpc) is 3.15. The van der Waals surface area contributed by atoms with E-state index >= 15 is 0 Å². The first-order chi connectivity index (χ1) is 14.1. The van der Waals surface area contributed by atoms with Crippen LogP contribution in [0.5, 0.6) is 0 Å². The molecule has 1 amide bonds. The maximum absolute atomic E-state index is 11.2. The molecule has 3 N–H and O–H groups in total. The Hall–Kier alpha value is -2.13. The van der Waals surface area contributed by atoms with Gasteiger partial charge in [-0.25, -0.2) is 0 Å². The number of hydrogen-bond acceptors (Lipinski definition) is 3. The molecule has 0 aromatic heterocycles. The first-order valence-electron chi connectivity index (χ1n) is 10.2. The zero-order chi connectivity index (χ0) is 20.5. The van der Waals surface area contributed by atoms with Crippen LogP contribution in [0.4, 0.5) is 5.69 Å². The first kappa shape index (κ1) is 24.1. The lowest BCUT2D eigenvalue weighted by molar-refractivity contribution is -0.114. The summed E-state index contributed by atoms with van der Waals surface area (Å²) in [6.07, 6.45) is 2.44. The zero-order valence-corrected chi connectivity index (χ0v) is 20.1. The number of carbonyl (C=O) groups is 1. The average molecular weight is 521 g/mol. The van der Waals surface area contributed by atoms with Crippen molar-refractivity contribution in [3.63, 3.8) is 0 Å². The fraction of sp³-hybridized carbons (Fsp3) is 0.391. The molecule has 0 bridgehead atoms. The molecule has 30 heavy (non-hydrogen) atoms. The Bertz CT molecular complexity index is 827. The molecule has 3 rings (SSSR count). The van der Waals surface area contributed by atoms with Crippen molar-refractivity contribution in [3.05, 3.63) is 65.7 Å². The summed E-state index contributed by atoms with van der Waals surface area (Å²) in [5.74, 6) is 0.727. The lowest BCUT2D eigenvalue weighted by atomic mass is 10.2. The number of rotatable bonds is 7. The Kier molecular flexibility index (Phi) is 10.1. The highest BCUT2D eigenvalue weighted by Gasteiger charge is 2.24. The van der Waals surface area contributed by atoms with Crippen LogP contribution >= 0.6 is 24.0 Å². The van der Waals surface area contributed by atoms with Gasteiger partial charge < -0.3 is 16.0 Å². The maximum atomic E-state index is 11.2. The SMILES string of the molecule is CN=C(NCc1cccc(NC(C)=O)c1)NCC1CCCN1Cc1ccccc1.I. The lowest BCUT2D eigenvalue weighted by Crippen LogP contribution is -2.44. The van der Waals surface area contributed by atoms with Crippen molar-refractivity contribution in [2.45, 2.75) is 38.9 Å². The summed E-state index contributed by atoms with van der Waals surface area (Å²) in [4.78, 5) is 18.1. The summed E-state index contributed by atoms with van der Waals surface area (Å²) in [5.41, 5.74) is 3.26. The highest BCUT2D eigenvalue weighted by atomic mass is 127. The molecule has 162 valence electrons. The minimum absolute atomic E-state index is 0. The molecule has 1 fully saturated rings. The molecule has 1 unspecified atom stereocenters. The molecule has 1 atom stereocenters. The number of nitrogens with zero attached hydrogens (tertiary/aromatic N) is 2. The van der Waals surface area contributed by atoms with E-state index in [1.807, 2.05) is 24.3 Å². The number of aliphatic imine (C=N–C) groups is 1. The van der Waals surface area contributed by atoms with Gasteiger partial charge in [0.15, 0.2) is 5.96 Å². The predicted molar refractivity (Wildman–Crippen MR) is 134 cm³/mol. The van der Waals surface area contributed by atoms with Crippen molar-refractivity contribution in [2.75, 3.05) is 25.5 Å². The molecule has 0 radical (unpaired) electrons. The standard InChI is InChI=1S/C23H31N5O.HI/c1-18(29)27-21-11-6-10-20(14-21)15-25-23(24-2)26-16-22-12-7-13-28(22)17-19-8-4-3-5-9-19;/h3-6,8-11,14,22H,7,12-13,15-17H2,1-2H3,(H,27,29)(H2,24,25,26);1H. The molecular formula is C23H32IN5O. The van der Waals surface area contributed by atoms with E-state index < -0.39 is 0 Å². The largest absolute Gasteiger partial charge is 0.355 e. The number of carbonyl (C=O) groups excluding carboxylic acids is 1. The fourth-order valence-corrected chi connectivity index (χ4v) is 3.74. The molecule has 0 saturated carbocycles. The number of hydrogen-bond donors (Lipinski definition) is 3. The monoisotopic (exact) mass is 521 g/mol. The number of nitrogens with one attached hydrogen (secondary N) is 3. The lowest BCUT2D eigenvalue weighted by Gasteiger charge is -2.25. The quantitative estimate of drug-likeness (QED) is 0.296. The minimum atomic E-state index is -0.0655. The summed E-state index contributed by atoms with van der Waals surface area (Å²) in [6.45, 7) is 5.17. The van der Waals surface area contributed by atoms with Gasteiger partial charge in [0.25, 0.3) is 0 Å². The molecule has 1 heterocycles. The van der Waals surface area contributed by atoms with Crippen LogP contribution in [-0.2, 0) is 17.9 Å². The number of anilines is 1. The molecule has 0 aliphatic carbocycles. The Balaban J connectivity index is 0.00000320. The fourth-order valence-electron chi connectivity index (χ4n) is 3.74. The van der Waals surface area contributed by atoms with Crippen molar-refractivity contribution >= 4 is 41.5 Å². The van der Waals surface area contributed by atoms with Gasteiger partial charge in [0.2, 0.25) is 5.91 Å². The Morgan fingerprint density at radius 2 is 1.87 bits per heavy atom. The van der Waals surface area contributed by atoms with Gasteiger partial charge in [-0.1, -0.05) is 42.5 Å². The van der Waals surface area contributed by atoms with E-state index in [2.05, 4.69) is 56.2 Å². The van der Waals surface area contributed by atoms with Gasteiger partial charge in [0, 0.05) is 45.3 Å². The summed E-state index contributed by atoms with van der Waals surface area (Å²) in [6, 6.07) is 19.0. The number of benzene rings is 2. The second-order valence-corrected chi connectivity index (χ2v) is 7.44. The van der Waals surface area contributed by atoms with E-state index in [1.54, 1.807) is 7.05 Å². The van der Waals surface area contributed by atoms with Gasteiger partial charge in [-0.15, -0.1) is 24.0 Å². The van der Waals surface area contributed by atoms with Crippen LogP contribution < -0.4 is 16.0 Å². The van der Waals surface area contributed by atoms with Crippen molar-refractivity contribution in [1.82, 2.24) is 15.5 Å². The third-order valence-electron chi connectivity index (χ3n) is 5.16. The van der Waals surface area contributed by atoms with E-state index in [0.717, 1.165) is 36.8 Å². The van der Waals surface area contributed by atoms with Crippen LogP contribution in [0.2, 0.25) is 0 Å². The van der Waals surface area contributed by atoms with Gasteiger partial charge in [0.05, 0.1) is 0 Å². The zero-order valence-electron chi connectivity index (χ0n) is 17.7. The molecule has 1 aliphatic heterocycles. The summed E-state index contributed by atoms with van der Waals surface area (Å²) in [7, 11) is 1.79. The molecular weight excluding hydrogens is 489 g/mol. The van der Waals surface area contributed by atoms with Crippen molar-refractivity contribution in [1.29, 1.82) is 0 Å². The number of guanidine groups is 1. The van der Waals surface area contributed by atoms with Crippen molar-refractivity contribution < 1.29 is 4.79 Å². The minimum Gasteiger partial charge on any atom is -0.355 e. The second kappa shape index (κ2) is 12.5. The maximum Gasteiger partial charge on any atom is 0.221 e. The number of likely N-dealkylation sites (tertiary alicyclic amines) is 1. The van der Waals surface area contributed by atoms with Crippen LogP contribution in [-0.4, -0.2) is 42.9 Å². The highest BCUT2D eigenvalue weighted by Crippen LogP contribution is 2.19. The topological polar surface area (TPSA) is 68.8 Å². The Morgan fingerprint density at radius 1 is 1.10 bits per heavy atom. The van der Waals surface area contributed by atoms with Gasteiger partial charge in [-0.2, -0.15) is 0 Å². The second-order valence-electron chi connectivity index (χ2n) is 7.44. The Morgan fingerprint density at radius 3 is 2.60 bits per heavy atom. The third-order valence-corrected chi connectivity index (χ3v) is 5.16. The van der Waals surface area contributed by atoms with Crippen LogP contribution in [0, 0.1) is 0 Å². The molecule has 7 heteroatoms. The van der Waals surface area contributed by atoms with Crippen LogP contribution in [0.25, 0.3) is 0 Å². The van der Waals surface area contributed by atoms with E-state index in [0.29, 0.717) is 12.6 Å². The van der Waals surface area contributed by atoms with Gasteiger partial charge in [-0.3, -0.25) is 14.7 Å². The van der Waals surface area contributed by atoms with Gasteiger partial charge >= 0.3 is 0 Å². The van der Waals surface area contributed by atoms with Gasteiger partial charge in [-0.05, 0) is 42.6 Å². The van der Waals surface area contributed by atoms with Gasteiger partial charge in [0.1, 0.15) is 0 Å². The van der Waals surface area contributed by atoms with Crippen LogP contribution in [0.15, 0.2) is 59.6 Å². The van der Waals surface area contributed by atoms with Crippen LogP contribution in [0.1, 0.15) is 30.9 Å². The highest BCUT2D eigenvalue weighted by molar-refractivity contribution is 14.0. The smallest absolute Gasteiger partial charge is 0.221 e. The summed E-state index contributed by atoms with van der Waals surface area (Å²) >= 11 is 0. The number of halogens is 1. The van der Waals surface area contributed by atoms with Crippen molar-refractivity contribution in [2.24, 2.45) is 4.99 Å². The summed E-state index contributed by atoms with van der Waals surface area (Å²) in [5, 5.41) is 9.65. The molecule has 2 aromatic rings. The van der Waals surface area contributed by atoms with E-state index in [1.165, 1.54) is 25.3 Å². The van der Waals surface area contributed by atoms with Crippen LogP contribution in [0.3, 0.4) is 0 Å². The third kappa shape index (κ3) is 7.60. The molecule has 1 saturated heterocycles. The van der Waals surface area contributed by atoms with E-state index in [4.69, 9.17) is 0 Å². The molecule has 2 aromatic carbocycles. The van der Waals surface area contributed by atoms with E-state index in [9.17, 15) is 4.79 Å². The van der Waals surface area contributed by atoms with Crippen molar-refractivity contribution in [3.8, 4) is 0 Å². The predicted octanol–water partition coefficient (Wildman–Crippen LogP) is 3.59. The Labute approximate surface area is 196 Å². The molecule has 1 aliphatic rings.